The second-order valence-electron chi connectivity index (χ2n) is 7.02. The van der Waals surface area contributed by atoms with E-state index in [0.717, 1.165) is 37.6 Å². The predicted molar refractivity (Wildman–Crippen MR) is 120 cm³/mol. The number of hydrogen-bond donors (Lipinski definition) is 0. The van der Waals surface area contributed by atoms with Gasteiger partial charge in [0.1, 0.15) is 5.82 Å². The number of carbonyl (C=O) groups is 1. The normalized spacial score (nSPS) is 14.6. The van der Waals surface area contributed by atoms with Crippen molar-refractivity contribution in [2.45, 2.75) is 13.6 Å². The fourth-order valence-electron chi connectivity index (χ4n) is 3.36. The van der Waals surface area contributed by atoms with Gasteiger partial charge in [-0.05, 0) is 43.4 Å². The smallest absolute Gasteiger partial charge is 0.339 e. The van der Waals surface area contributed by atoms with Crippen molar-refractivity contribution in [3.63, 3.8) is 0 Å². The minimum absolute atomic E-state index is 0.313. The zero-order valence-corrected chi connectivity index (χ0v) is 18.6. The van der Waals surface area contributed by atoms with Gasteiger partial charge in [0.25, 0.3) is 4.84 Å². The number of piperazine rings is 1. The average molecular weight is 460 g/mol. The first-order valence-corrected chi connectivity index (χ1v) is 10.8. The molecule has 1 fully saturated rings. The molecule has 0 N–H and O–H groups in total. The Morgan fingerprint density at radius 1 is 1.19 bits per heavy atom. The first-order chi connectivity index (χ1) is 15.0. The summed E-state index contributed by atoms with van der Waals surface area (Å²) in [6.45, 7) is 5.90. The number of carbonyl (C=O) groups excluding carboxylic acids is 1. The van der Waals surface area contributed by atoms with Crippen LogP contribution in [-0.2, 0) is 11.4 Å². The van der Waals surface area contributed by atoms with Gasteiger partial charge in [-0.25, -0.2) is 14.5 Å². The maximum Gasteiger partial charge on any atom is 0.339 e. The Kier molecular flexibility index (Phi) is 6.64. The van der Waals surface area contributed by atoms with Gasteiger partial charge in [-0.1, -0.05) is 23.7 Å². The standard InChI is InChI=1S/C21H22ClN5O3S/c1-2-29-20(28)15-7-8-18(23-13-15)26-11-9-25(10-12-26)14-27-21(31)30-19(24-27)16-5-3-4-6-17(16)22/h3-8,13H,2,9-12,14H2,1H3. The summed E-state index contributed by atoms with van der Waals surface area (Å²) in [5.74, 6) is 0.902. The van der Waals surface area contributed by atoms with E-state index in [2.05, 4.69) is 19.9 Å². The molecule has 10 heteroatoms. The Hall–Kier alpha value is -2.75. The molecule has 0 spiro atoms. The molecule has 3 aromatic rings. The van der Waals surface area contributed by atoms with Crippen LogP contribution in [0.2, 0.25) is 5.02 Å². The van der Waals surface area contributed by atoms with E-state index in [0.29, 0.717) is 34.6 Å². The number of pyridine rings is 1. The topological polar surface area (TPSA) is 76.6 Å². The SMILES string of the molecule is CCOC(=O)c1ccc(N2CCN(Cn3nc(-c4ccccc4Cl)oc3=S)CC2)nc1. The Labute approximate surface area is 190 Å². The van der Waals surface area contributed by atoms with Crippen LogP contribution in [0.25, 0.3) is 11.5 Å². The quantitative estimate of drug-likeness (QED) is 0.406. The molecule has 0 atom stereocenters. The Morgan fingerprint density at radius 3 is 2.65 bits per heavy atom. The number of aromatic nitrogens is 3. The number of esters is 1. The molecule has 1 aliphatic rings. The fraction of sp³-hybridized carbons (Fsp3) is 0.333. The third-order valence-corrected chi connectivity index (χ3v) is 5.62. The van der Waals surface area contributed by atoms with Crippen LogP contribution in [0.3, 0.4) is 0 Å². The number of ether oxygens (including phenoxy) is 1. The second-order valence-corrected chi connectivity index (χ2v) is 7.78. The van der Waals surface area contributed by atoms with Crippen molar-refractivity contribution in [2.24, 2.45) is 0 Å². The van der Waals surface area contributed by atoms with E-state index in [1.54, 1.807) is 29.9 Å². The van der Waals surface area contributed by atoms with E-state index < -0.39 is 0 Å². The number of hydrogen-bond acceptors (Lipinski definition) is 8. The van der Waals surface area contributed by atoms with Gasteiger partial charge < -0.3 is 14.1 Å². The van der Waals surface area contributed by atoms with Crippen LogP contribution in [-0.4, -0.2) is 58.4 Å². The summed E-state index contributed by atoms with van der Waals surface area (Å²) in [6.07, 6.45) is 1.56. The first-order valence-electron chi connectivity index (χ1n) is 9.98. The number of halogens is 1. The molecular weight excluding hydrogens is 438 g/mol. The highest BCUT2D eigenvalue weighted by Gasteiger charge is 2.20. The van der Waals surface area contributed by atoms with Gasteiger partial charge in [0.15, 0.2) is 0 Å². The summed E-state index contributed by atoms with van der Waals surface area (Å²) in [5.41, 5.74) is 1.18. The lowest BCUT2D eigenvalue weighted by Crippen LogP contribution is -2.47. The molecule has 31 heavy (non-hydrogen) atoms. The largest absolute Gasteiger partial charge is 0.462 e. The van der Waals surface area contributed by atoms with Gasteiger partial charge in [0.2, 0.25) is 5.89 Å². The molecule has 1 aromatic carbocycles. The molecule has 4 rings (SSSR count). The second kappa shape index (κ2) is 9.59. The highest BCUT2D eigenvalue weighted by atomic mass is 35.5. The molecule has 3 heterocycles. The van der Waals surface area contributed by atoms with Gasteiger partial charge >= 0.3 is 5.97 Å². The van der Waals surface area contributed by atoms with Crippen molar-refractivity contribution < 1.29 is 13.9 Å². The first kappa shape index (κ1) is 21.5. The number of benzene rings is 1. The van der Waals surface area contributed by atoms with Gasteiger partial charge in [-0.15, -0.1) is 5.10 Å². The van der Waals surface area contributed by atoms with Crippen molar-refractivity contribution >= 4 is 35.6 Å². The predicted octanol–water partition coefficient (Wildman–Crippen LogP) is 3.88. The van der Waals surface area contributed by atoms with Crippen molar-refractivity contribution in [2.75, 3.05) is 37.7 Å². The van der Waals surface area contributed by atoms with E-state index in [1.165, 1.54) is 0 Å². The molecule has 1 aliphatic heterocycles. The summed E-state index contributed by atoms with van der Waals surface area (Å²) >= 11 is 11.6. The van der Waals surface area contributed by atoms with Crippen LogP contribution in [0.5, 0.6) is 0 Å². The Morgan fingerprint density at radius 2 is 1.97 bits per heavy atom. The number of rotatable bonds is 6. The molecule has 162 valence electrons. The van der Waals surface area contributed by atoms with Gasteiger partial charge in [-0.3, -0.25) is 4.90 Å². The van der Waals surface area contributed by atoms with Crippen LogP contribution in [0, 0.1) is 4.84 Å². The summed E-state index contributed by atoms with van der Waals surface area (Å²) in [5, 5.41) is 5.07. The molecule has 0 bridgehead atoms. The third kappa shape index (κ3) is 4.95. The van der Waals surface area contributed by atoms with Gasteiger partial charge in [0.05, 0.1) is 29.4 Å². The Bertz CT molecular complexity index is 1110. The summed E-state index contributed by atoms with van der Waals surface area (Å²) in [4.78, 5) is 20.9. The zero-order chi connectivity index (χ0) is 21.8. The van der Waals surface area contributed by atoms with Crippen molar-refractivity contribution in [3.05, 3.63) is 58.0 Å². The molecule has 0 amide bonds. The molecule has 0 unspecified atom stereocenters. The molecular formula is C21H22ClN5O3S. The lowest BCUT2D eigenvalue weighted by Gasteiger charge is -2.35. The number of nitrogens with zero attached hydrogens (tertiary/aromatic N) is 5. The van der Waals surface area contributed by atoms with E-state index in [-0.39, 0.29) is 5.97 Å². The maximum absolute atomic E-state index is 11.8. The molecule has 0 radical (unpaired) electrons. The summed E-state index contributed by atoms with van der Waals surface area (Å²) in [7, 11) is 0. The van der Waals surface area contributed by atoms with Crippen molar-refractivity contribution in [3.8, 4) is 11.5 Å². The molecule has 0 saturated carbocycles. The van der Waals surface area contributed by atoms with Gasteiger partial charge in [-0.2, -0.15) is 0 Å². The van der Waals surface area contributed by atoms with E-state index in [9.17, 15) is 4.79 Å². The average Bonchev–Trinajstić information content (AvgIpc) is 3.15. The zero-order valence-electron chi connectivity index (χ0n) is 17.0. The summed E-state index contributed by atoms with van der Waals surface area (Å²) in [6, 6.07) is 11.0. The van der Waals surface area contributed by atoms with Crippen LogP contribution in [0.1, 0.15) is 17.3 Å². The van der Waals surface area contributed by atoms with Crippen molar-refractivity contribution in [1.29, 1.82) is 0 Å². The summed E-state index contributed by atoms with van der Waals surface area (Å²) < 4.78 is 12.3. The van der Waals surface area contributed by atoms with Crippen LogP contribution in [0.4, 0.5) is 5.82 Å². The molecule has 0 aliphatic carbocycles. The lowest BCUT2D eigenvalue weighted by molar-refractivity contribution is 0.0526. The van der Waals surface area contributed by atoms with E-state index in [1.807, 2.05) is 24.3 Å². The monoisotopic (exact) mass is 459 g/mol. The highest BCUT2D eigenvalue weighted by Crippen LogP contribution is 2.26. The van der Waals surface area contributed by atoms with E-state index in [4.69, 9.17) is 33.0 Å². The Balaban J connectivity index is 1.36. The van der Waals surface area contributed by atoms with Crippen LogP contribution < -0.4 is 4.90 Å². The fourth-order valence-corrected chi connectivity index (χ4v) is 3.75. The molecule has 1 saturated heterocycles. The van der Waals surface area contributed by atoms with Crippen LogP contribution in [0.15, 0.2) is 47.0 Å². The van der Waals surface area contributed by atoms with Crippen LogP contribution >= 0.6 is 23.8 Å². The minimum Gasteiger partial charge on any atom is -0.462 e. The molecule has 8 nitrogen and oxygen atoms in total. The number of anilines is 1. The lowest BCUT2D eigenvalue weighted by atomic mass is 10.2. The molecule has 2 aromatic heterocycles. The van der Waals surface area contributed by atoms with E-state index >= 15 is 0 Å². The minimum atomic E-state index is -0.355. The highest BCUT2D eigenvalue weighted by molar-refractivity contribution is 7.71. The van der Waals surface area contributed by atoms with Gasteiger partial charge in [0, 0.05) is 32.4 Å². The third-order valence-electron chi connectivity index (χ3n) is 5.00. The maximum atomic E-state index is 11.8. The van der Waals surface area contributed by atoms with Crippen molar-refractivity contribution in [1.82, 2.24) is 19.7 Å².